The minimum atomic E-state index is -0.318. The predicted octanol–water partition coefficient (Wildman–Crippen LogP) is 3.00. The van der Waals surface area contributed by atoms with Crippen LogP contribution in [0.3, 0.4) is 0 Å². The van der Waals surface area contributed by atoms with Crippen LogP contribution in [0.15, 0.2) is 48.8 Å². The van der Waals surface area contributed by atoms with Crippen LogP contribution in [0.1, 0.15) is 31.4 Å². The summed E-state index contributed by atoms with van der Waals surface area (Å²) in [4.78, 5) is 29.9. The molecule has 2 aromatic rings. The lowest BCUT2D eigenvalue weighted by molar-refractivity contribution is -0.144. The molecule has 0 unspecified atom stereocenters. The van der Waals surface area contributed by atoms with E-state index in [1.54, 1.807) is 24.2 Å². The van der Waals surface area contributed by atoms with Gasteiger partial charge in [0, 0.05) is 25.5 Å². The summed E-state index contributed by atoms with van der Waals surface area (Å²) < 4.78 is 10.6. The van der Waals surface area contributed by atoms with Gasteiger partial charge >= 0.3 is 5.97 Å². The second-order valence-electron chi connectivity index (χ2n) is 6.02. The fraction of sp³-hybridized carbons (Fsp3) is 0.381. The first-order valence-electron chi connectivity index (χ1n) is 9.16. The lowest BCUT2D eigenvalue weighted by Gasteiger charge is -2.22. The topological polar surface area (TPSA) is 68.7 Å². The Bertz CT molecular complexity index is 734. The summed E-state index contributed by atoms with van der Waals surface area (Å²) in [7, 11) is 0. The van der Waals surface area contributed by atoms with Gasteiger partial charge in [-0.25, -0.2) is 0 Å². The van der Waals surface area contributed by atoms with E-state index in [1.807, 2.05) is 36.4 Å². The first-order valence-corrected chi connectivity index (χ1v) is 9.16. The monoisotopic (exact) mass is 370 g/mol. The number of nitrogens with zero attached hydrogens (tertiary/aromatic N) is 2. The van der Waals surface area contributed by atoms with Crippen molar-refractivity contribution >= 4 is 11.9 Å². The van der Waals surface area contributed by atoms with E-state index < -0.39 is 0 Å². The van der Waals surface area contributed by atoms with Crippen LogP contribution in [-0.4, -0.2) is 41.5 Å². The first kappa shape index (κ1) is 20.4. The Balaban J connectivity index is 1.99. The van der Waals surface area contributed by atoms with Gasteiger partial charge in [-0.2, -0.15) is 0 Å². The smallest absolute Gasteiger partial charge is 0.307 e. The van der Waals surface area contributed by atoms with Crippen molar-refractivity contribution in [2.45, 2.75) is 33.2 Å². The van der Waals surface area contributed by atoms with Gasteiger partial charge in [0.2, 0.25) is 0 Å². The van der Waals surface area contributed by atoms with E-state index in [2.05, 4.69) is 11.9 Å². The van der Waals surface area contributed by atoms with Gasteiger partial charge in [-0.05, 0) is 48.7 Å². The van der Waals surface area contributed by atoms with Crippen LogP contribution in [0.4, 0.5) is 0 Å². The van der Waals surface area contributed by atoms with E-state index in [1.165, 1.54) is 0 Å². The van der Waals surface area contributed by atoms with E-state index in [0.717, 1.165) is 17.5 Å². The molecular weight excluding hydrogens is 344 g/mol. The maximum absolute atomic E-state index is 12.7. The zero-order valence-electron chi connectivity index (χ0n) is 15.9. The van der Waals surface area contributed by atoms with Crippen molar-refractivity contribution in [2.24, 2.45) is 0 Å². The van der Waals surface area contributed by atoms with Gasteiger partial charge in [0.1, 0.15) is 5.75 Å². The average molecular weight is 370 g/mol. The Kier molecular flexibility index (Phi) is 8.29. The molecule has 1 amide bonds. The van der Waals surface area contributed by atoms with Crippen molar-refractivity contribution < 1.29 is 19.1 Å². The summed E-state index contributed by atoms with van der Waals surface area (Å²) >= 11 is 0. The molecule has 6 nitrogen and oxygen atoms in total. The van der Waals surface area contributed by atoms with Crippen molar-refractivity contribution in [3.05, 3.63) is 59.9 Å². The van der Waals surface area contributed by atoms with Crippen LogP contribution < -0.4 is 4.74 Å². The highest BCUT2D eigenvalue weighted by Gasteiger charge is 2.17. The summed E-state index contributed by atoms with van der Waals surface area (Å²) in [6.45, 7) is 4.73. The molecule has 0 atom stereocenters. The molecule has 1 aromatic carbocycles. The molecule has 1 heterocycles. The molecule has 0 bridgehead atoms. The quantitative estimate of drug-likeness (QED) is 0.602. The lowest BCUT2D eigenvalue weighted by atomic mass is 10.2. The molecule has 0 radical (unpaired) electrons. The van der Waals surface area contributed by atoms with Gasteiger partial charge in [-0.3, -0.25) is 14.6 Å². The normalized spacial score (nSPS) is 10.3. The van der Waals surface area contributed by atoms with Crippen molar-refractivity contribution in [1.29, 1.82) is 0 Å². The number of aryl methyl sites for hydroxylation is 1. The van der Waals surface area contributed by atoms with E-state index in [0.29, 0.717) is 18.9 Å². The average Bonchev–Trinajstić information content (AvgIpc) is 2.70. The van der Waals surface area contributed by atoms with Crippen LogP contribution >= 0.6 is 0 Å². The second-order valence-corrected chi connectivity index (χ2v) is 6.02. The number of benzene rings is 1. The van der Waals surface area contributed by atoms with Gasteiger partial charge in [0.05, 0.1) is 13.0 Å². The number of esters is 1. The van der Waals surface area contributed by atoms with Crippen molar-refractivity contribution in [1.82, 2.24) is 9.88 Å². The maximum Gasteiger partial charge on any atom is 0.307 e. The Morgan fingerprint density at radius 1 is 1.07 bits per heavy atom. The third-order valence-electron chi connectivity index (χ3n) is 4.04. The van der Waals surface area contributed by atoms with Gasteiger partial charge in [0.15, 0.2) is 6.61 Å². The highest BCUT2D eigenvalue weighted by atomic mass is 16.5. The molecule has 0 fully saturated rings. The van der Waals surface area contributed by atoms with Gasteiger partial charge in [0.25, 0.3) is 5.91 Å². The highest BCUT2D eigenvalue weighted by Crippen LogP contribution is 2.14. The number of hydrogen-bond donors (Lipinski definition) is 0. The van der Waals surface area contributed by atoms with Gasteiger partial charge < -0.3 is 14.4 Å². The molecule has 0 spiro atoms. The molecule has 0 aliphatic heterocycles. The van der Waals surface area contributed by atoms with Crippen LogP contribution in [0.2, 0.25) is 0 Å². The van der Waals surface area contributed by atoms with E-state index >= 15 is 0 Å². The van der Waals surface area contributed by atoms with Crippen molar-refractivity contribution in [2.75, 3.05) is 19.8 Å². The van der Waals surface area contributed by atoms with Gasteiger partial charge in [-0.1, -0.05) is 19.1 Å². The van der Waals surface area contributed by atoms with Crippen LogP contribution in [-0.2, 0) is 27.3 Å². The van der Waals surface area contributed by atoms with E-state index in [-0.39, 0.29) is 31.4 Å². The molecule has 6 heteroatoms. The van der Waals surface area contributed by atoms with E-state index in [4.69, 9.17) is 9.47 Å². The zero-order chi connectivity index (χ0) is 19.5. The van der Waals surface area contributed by atoms with Crippen molar-refractivity contribution in [3.8, 4) is 5.75 Å². The Morgan fingerprint density at radius 3 is 2.56 bits per heavy atom. The first-order chi connectivity index (χ1) is 13.1. The number of aromatic nitrogens is 1. The maximum atomic E-state index is 12.7. The lowest BCUT2D eigenvalue weighted by Crippen LogP contribution is -2.36. The molecule has 0 N–H and O–H groups in total. The summed E-state index contributed by atoms with van der Waals surface area (Å²) in [6.07, 6.45) is 4.40. The minimum Gasteiger partial charge on any atom is -0.484 e. The summed E-state index contributed by atoms with van der Waals surface area (Å²) in [5, 5.41) is 0. The Labute approximate surface area is 160 Å². The van der Waals surface area contributed by atoms with Crippen LogP contribution in [0.25, 0.3) is 0 Å². The molecule has 1 aromatic heterocycles. The molecule has 144 valence electrons. The zero-order valence-corrected chi connectivity index (χ0v) is 15.9. The third-order valence-corrected chi connectivity index (χ3v) is 4.04. The highest BCUT2D eigenvalue weighted by molar-refractivity contribution is 5.78. The fourth-order valence-corrected chi connectivity index (χ4v) is 2.55. The third kappa shape index (κ3) is 7.09. The second kappa shape index (κ2) is 11.0. The van der Waals surface area contributed by atoms with Crippen molar-refractivity contribution in [3.63, 3.8) is 0 Å². The number of rotatable bonds is 10. The largest absolute Gasteiger partial charge is 0.484 e. The van der Waals surface area contributed by atoms with Gasteiger partial charge in [-0.15, -0.1) is 0 Å². The number of amides is 1. The molecular formula is C21H26N2O4. The number of ether oxygens (including phenoxy) is 2. The summed E-state index contributed by atoms with van der Waals surface area (Å²) in [5.74, 6) is 0.163. The molecule has 27 heavy (non-hydrogen) atoms. The standard InChI is InChI=1S/C21H26N2O4/c1-3-17-6-5-7-19(14-17)27-16-20(24)23(13-10-21(25)26-4-2)15-18-8-11-22-12-9-18/h5-9,11-12,14H,3-4,10,13,15-16H2,1-2H3. The predicted molar refractivity (Wildman–Crippen MR) is 102 cm³/mol. The Hall–Kier alpha value is -2.89. The Morgan fingerprint density at radius 2 is 1.85 bits per heavy atom. The molecule has 0 saturated heterocycles. The number of carbonyl (C=O) groups is 2. The number of carbonyl (C=O) groups excluding carboxylic acids is 2. The molecule has 0 saturated carbocycles. The van der Waals surface area contributed by atoms with Crippen LogP contribution in [0.5, 0.6) is 5.75 Å². The molecule has 0 aliphatic carbocycles. The SMILES string of the molecule is CCOC(=O)CCN(Cc1ccncc1)C(=O)COc1cccc(CC)c1. The van der Waals surface area contributed by atoms with Crippen LogP contribution in [0, 0.1) is 0 Å². The molecule has 2 rings (SSSR count). The number of pyridine rings is 1. The minimum absolute atomic E-state index is 0.0823. The summed E-state index contributed by atoms with van der Waals surface area (Å²) in [6, 6.07) is 11.4. The fourth-order valence-electron chi connectivity index (χ4n) is 2.55. The molecule has 0 aliphatic rings. The summed E-state index contributed by atoms with van der Waals surface area (Å²) in [5.41, 5.74) is 2.09. The van der Waals surface area contributed by atoms with E-state index in [9.17, 15) is 9.59 Å². The number of hydrogen-bond acceptors (Lipinski definition) is 5.